The fraction of sp³-hybridized carbons (Fsp3) is 0.367. The van der Waals surface area contributed by atoms with E-state index in [9.17, 15) is 27.9 Å². The highest BCUT2D eigenvalue weighted by molar-refractivity contribution is 6.33. The number of ether oxygens (including phenoxy) is 1. The molecule has 242 valence electrons. The quantitative estimate of drug-likeness (QED) is 0.291. The molecule has 2 aliphatic heterocycles. The second-order valence-corrected chi connectivity index (χ2v) is 12.1. The van der Waals surface area contributed by atoms with Crippen molar-refractivity contribution in [2.24, 2.45) is 0 Å². The maximum atomic E-state index is 15.3. The van der Waals surface area contributed by atoms with Crippen LogP contribution in [-0.4, -0.2) is 73.3 Å². The normalized spacial score (nSPS) is 17.6. The molecule has 46 heavy (non-hydrogen) atoms. The van der Waals surface area contributed by atoms with Crippen LogP contribution in [0.3, 0.4) is 0 Å². The molecule has 0 spiro atoms. The summed E-state index contributed by atoms with van der Waals surface area (Å²) in [6, 6.07) is 4.07. The number of benzene rings is 1. The number of carbonyl (C=O) groups is 2. The smallest absolute Gasteiger partial charge is 0.420 e. The average Bonchev–Trinajstić information content (AvgIpc) is 3.25. The number of anilines is 2. The van der Waals surface area contributed by atoms with E-state index in [1.807, 2.05) is 13.8 Å². The number of alkyl halides is 3. The van der Waals surface area contributed by atoms with E-state index in [0.29, 0.717) is 11.4 Å². The van der Waals surface area contributed by atoms with E-state index in [0.717, 1.165) is 4.90 Å². The van der Waals surface area contributed by atoms with Gasteiger partial charge >= 0.3 is 6.18 Å². The van der Waals surface area contributed by atoms with E-state index in [2.05, 4.69) is 20.3 Å². The second kappa shape index (κ2) is 11.1. The first-order valence-electron chi connectivity index (χ1n) is 14.2. The van der Waals surface area contributed by atoms with Gasteiger partial charge < -0.3 is 24.5 Å². The highest BCUT2D eigenvalue weighted by Crippen LogP contribution is 2.42. The standard InChI is InChI=1S/C30H28ClF4N7O4/c1-14(2)38-26(43)17-5-20(31)25-22(6-17)42(27(44)16(4)46-25)11-23-15(3)39-24-7-21(32)19(10-41(23)24)18-8-36-28(37-9-18)40-12-29(45,13-40)30(33,34)35/h5-10,14,16,45H,11-13H2,1-4H3,(H,38,43)/t16-/m1/s1. The van der Waals surface area contributed by atoms with Crippen LogP contribution in [0.25, 0.3) is 16.8 Å². The van der Waals surface area contributed by atoms with Gasteiger partial charge in [-0.1, -0.05) is 11.6 Å². The van der Waals surface area contributed by atoms with Crippen molar-refractivity contribution in [1.82, 2.24) is 24.7 Å². The third kappa shape index (κ3) is 5.36. The monoisotopic (exact) mass is 661 g/mol. The number of fused-ring (bicyclic) bond motifs is 2. The number of aromatic nitrogens is 4. The van der Waals surface area contributed by atoms with Gasteiger partial charge in [0.05, 0.1) is 41.7 Å². The summed E-state index contributed by atoms with van der Waals surface area (Å²) in [4.78, 5) is 41.5. The SMILES string of the molecule is Cc1nc2cc(F)c(-c3cnc(N4CC(O)(C(F)(F)F)C4)nc3)cn2c1CN1C(=O)[C@@H](C)Oc2c(Cl)cc(C(=O)NC(C)C)cc21. The molecule has 1 aromatic carbocycles. The lowest BCUT2D eigenvalue weighted by atomic mass is 9.94. The van der Waals surface area contributed by atoms with Crippen LogP contribution in [0.5, 0.6) is 5.75 Å². The van der Waals surface area contributed by atoms with E-state index >= 15 is 4.39 Å². The van der Waals surface area contributed by atoms with Gasteiger partial charge in [-0.2, -0.15) is 13.2 Å². The van der Waals surface area contributed by atoms with Gasteiger partial charge in [0, 0.05) is 47.4 Å². The van der Waals surface area contributed by atoms with Gasteiger partial charge in [-0.05, 0) is 39.8 Å². The van der Waals surface area contributed by atoms with E-state index in [1.165, 1.54) is 41.7 Å². The van der Waals surface area contributed by atoms with E-state index < -0.39 is 42.7 Å². The minimum Gasteiger partial charge on any atom is -0.477 e. The molecule has 1 atom stereocenters. The molecule has 2 amide bonds. The van der Waals surface area contributed by atoms with E-state index in [1.54, 1.807) is 18.2 Å². The predicted octanol–water partition coefficient (Wildman–Crippen LogP) is 4.46. The lowest BCUT2D eigenvalue weighted by Gasteiger charge is -2.46. The van der Waals surface area contributed by atoms with Crippen LogP contribution in [0.1, 0.15) is 42.5 Å². The lowest BCUT2D eigenvalue weighted by Crippen LogP contribution is -2.69. The van der Waals surface area contributed by atoms with Crippen LogP contribution in [0.15, 0.2) is 36.8 Å². The molecule has 6 rings (SSSR count). The number of β-amino-alcohol motifs (C(OH)–C–C–N with tert-alkyl or cyclic N) is 1. The summed E-state index contributed by atoms with van der Waals surface area (Å²) < 4.78 is 61.8. The molecule has 3 aromatic heterocycles. The lowest BCUT2D eigenvalue weighted by molar-refractivity contribution is -0.267. The third-order valence-corrected chi connectivity index (χ3v) is 8.17. The largest absolute Gasteiger partial charge is 0.477 e. The number of pyridine rings is 1. The fourth-order valence-electron chi connectivity index (χ4n) is 5.41. The maximum Gasteiger partial charge on any atom is 0.420 e. The van der Waals surface area contributed by atoms with Crippen LogP contribution in [0.2, 0.25) is 5.02 Å². The Balaban J connectivity index is 1.34. The van der Waals surface area contributed by atoms with Crippen molar-refractivity contribution in [3.05, 3.63) is 64.6 Å². The first kappa shape index (κ1) is 31.5. The Labute approximate surface area is 264 Å². The summed E-state index contributed by atoms with van der Waals surface area (Å²) in [6.45, 7) is 5.45. The number of halogens is 5. The zero-order valence-corrected chi connectivity index (χ0v) is 25.7. The summed E-state index contributed by atoms with van der Waals surface area (Å²) >= 11 is 6.52. The molecule has 0 saturated carbocycles. The summed E-state index contributed by atoms with van der Waals surface area (Å²) in [5.74, 6) is -1.23. The first-order chi connectivity index (χ1) is 21.6. The summed E-state index contributed by atoms with van der Waals surface area (Å²) in [6.07, 6.45) is -1.65. The number of aliphatic hydroxyl groups is 1. The van der Waals surface area contributed by atoms with Crippen molar-refractivity contribution in [3.8, 4) is 16.9 Å². The van der Waals surface area contributed by atoms with Gasteiger partial charge in [0.25, 0.3) is 11.8 Å². The Morgan fingerprint density at radius 3 is 2.52 bits per heavy atom. The number of hydrogen-bond donors (Lipinski definition) is 2. The first-order valence-corrected chi connectivity index (χ1v) is 14.6. The molecular formula is C30H28ClF4N7O4. The van der Waals surface area contributed by atoms with Gasteiger partial charge in [0.15, 0.2) is 17.5 Å². The zero-order chi connectivity index (χ0) is 33.3. The van der Waals surface area contributed by atoms with Crippen molar-refractivity contribution in [1.29, 1.82) is 0 Å². The summed E-state index contributed by atoms with van der Waals surface area (Å²) in [5, 5.41) is 12.7. The van der Waals surface area contributed by atoms with E-state index in [4.69, 9.17) is 16.3 Å². The van der Waals surface area contributed by atoms with Crippen LogP contribution < -0.4 is 19.9 Å². The molecule has 4 aromatic rings. The molecule has 0 aliphatic carbocycles. The van der Waals surface area contributed by atoms with Gasteiger partial charge in [-0.3, -0.25) is 14.5 Å². The number of aryl methyl sites for hydroxylation is 1. The Kier molecular flexibility index (Phi) is 7.59. The van der Waals surface area contributed by atoms with Gasteiger partial charge in [-0.15, -0.1) is 0 Å². The highest BCUT2D eigenvalue weighted by Gasteiger charge is 2.61. The number of nitrogens with zero attached hydrogens (tertiary/aromatic N) is 6. The Hall–Kier alpha value is -4.50. The third-order valence-electron chi connectivity index (χ3n) is 7.89. The van der Waals surface area contributed by atoms with Gasteiger partial charge in [-0.25, -0.2) is 19.3 Å². The molecule has 0 radical (unpaired) electrons. The summed E-state index contributed by atoms with van der Waals surface area (Å²) in [7, 11) is 0. The van der Waals surface area contributed by atoms with Crippen LogP contribution >= 0.6 is 11.6 Å². The van der Waals surface area contributed by atoms with Crippen molar-refractivity contribution < 1.29 is 37.0 Å². The molecule has 16 heteroatoms. The molecule has 0 unspecified atom stereocenters. The zero-order valence-electron chi connectivity index (χ0n) is 25.0. The number of hydrogen-bond acceptors (Lipinski definition) is 8. The minimum absolute atomic E-state index is 0.0320. The van der Waals surface area contributed by atoms with Crippen LogP contribution in [0, 0.1) is 12.7 Å². The summed E-state index contributed by atoms with van der Waals surface area (Å²) in [5.41, 5.74) is -0.711. The molecule has 0 bridgehead atoms. The van der Waals surface area contributed by atoms with Crippen LogP contribution in [-0.2, 0) is 11.3 Å². The van der Waals surface area contributed by atoms with Gasteiger partial charge in [0.1, 0.15) is 11.5 Å². The molecule has 11 nitrogen and oxygen atoms in total. The maximum absolute atomic E-state index is 15.3. The highest BCUT2D eigenvalue weighted by atomic mass is 35.5. The van der Waals surface area contributed by atoms with Crippen molar-refractivity contribution in [3.63, 3.8) is 0 Å². The van der Waals surface area contributed by atoms with Gasteiger partial charge in [0.2, 0.25) is 5.95 Å². The molecule has 2 N–H and O–H groups in total. The fourth-order valence-corrected chi connectivity index (χ4v) is 5.67. The van der Waals surface area contributed by atoms with Crippen molar-refractivity contribution in [2.45, 2.75) is 58.2 Å². The number of amides is 2. The topological polar surface area (TPSA) is 125 Å². The Bertz CT molecular complexity index is 1870. The van der Waals surface area contributed by atoms with Crippen molar-refractivity contribution in [2.75, 3.05) is 22.9 Å². The van der Waals surface area contributed by atoms with E-state index in [-0.39, 0.29) is 63.2 Å². The molecule has 5 heterocycles. The average molecular weight is 662 g/mol. The van der Waals surface area contributed by atoms with Crippen LogP contribution in [0.4, 0.5) is 29.2 Å². The van der Waals surface area contributed by atoms with Crippen molar-refractivity contribution >= 4 is 40.7 Å². The molecule has 1 saturated heterocycles. The Morgan fingerprint density at radius 1 is 1.22 bits per heavy atom. The predicted molar refractivity (Wildman–Crippen MR) is 159 cm³/mol. The number of carbonyl (C=O) groups excluding carboxylic acids is 2. The molecular weight excluding hydrogens is 634 g/mol. The minimum atomic E-state index is -4.79. The number of nitrogens with one attached hydrogen (secondary N) is 1. The number of rotatable bonds is 6. The number of imidazole rings is 1. The second-order valence-electron chi connectivity index (χ2n) is 11.7. The Morgan fingerprint density at radius 2 is 1.89 bits per heavy atom. The molecule has 2 aliphatic rings. The molecule has 1 fully saturated rings.